The molecule has 3 unspecified atom stereocenters. The summed E-state index contributed by atoms with van der Waals surface area (Å²) in [6.07, 6.45) is 3.87. The largest absolute Gasteiger partial charge is 0.493 e. The van der Waals surface area contributed by atoms with E-state index in [1.54, 1.807) is 20.6 Å². The number of halogens is 1. The predicted octanol–water partition coefficient (Wildman–Crippen LogP) is 5.57. The molecule has 8 heteroatoms. The molecular weight excluding hydrogens is 484 g/mol. The Morgan fingerprint density at radius 1 is 1.12 bits per heavy atom. The molecule has 2 heterocycles. The molecule has 1 N–H and O–H groups in total. The lowest BCUT2D eigenvalue weighted by Gasteiger charge is -2.38. The Kier molecular flexibility index (Phi) is 12.4. The summed E-state index contributed by atoms with van der Waals surface area (Å²) >= 11 is 3.37. The zero-order chi connectivity index (χ0) is 25.1. The molecule has 0 saturated carbocycles. The maximum atomic E-state index is 6.26. The van der Waals surface area contributed by atoms with Crippen molar-refractivity contribution >= 4 is 22.3 Å². The number of nitrogens with one attached hydrogen (secondary N) is 1. The molecule has 33 heavy (non-hydrogen) atoms. The molecule has 0 fully saturated rings. The third-order valence-corrected chi connectivity index (χ3v) is 5.73. The van der Waals surface area contributed by atoms with Gasteiger partial charge in [-0.2, -0.15) is 0 Å². The van der Waals surface area contributed by atoms with Gasteiger partial charge in [-0.05, 0) is 23.9 Å². The Labute approximate surface area is 208 Å². The van der Waals surface area contributed by atoms with E-state index < -0.39 is 0 Å². The molecule has 0 bridgehead atoms. The number of benzene rings is 1. The highest BCUT2D eigenvalue weighted by Gasteiger charge is 2.34. The molecule has 3 atom stereocenters. The van der Waals surface area contributed by atoms with Crippen molar-refractivity contribution in [2.75, 3.05) is 28.3 Å². The lowest BCUT2D eigenvalue weighted by Crippen LogP contribution is -2.53. The summed E-state index contributed by atoms with van der Waals surface area (Å²) in [4.78, 5) is 10.7. The van der Waals surface area contributed by atoms with Crippen LogP contribution in [0.3, 0.4) is 0 Å². The van der Waals surface area contributed by atoms with Crippen LogP contribution >= 0.6 is 15.9 Å². The number of aliphatic imine (C=N–C) groups is 1. The third-order valence-electron chi connectivity index (χ3n) is 5.42. The number of methoxy groups -OCH3 is 2. The van der Waals surface area contributed by atoms with Crippen LogP contribution < -0.4 is 19.5 Å². The molecule has 2 aliphatic heterocycles. The van der Waals surface area contributed by atoms with Gasteiger partial charge in [0, 0.05) is 38.3 Å². The van der Waals surface area contributed by atoms with Gasteiger partial charge >= 0.3 is 0 Å². The second-order valence-electron chi connectivity index (χ2n) is 7.41. The first-order valence-corrected chi connectivity index (χ1v) is 12.5. The van der Waals surface area contributed by atoms with E-state index in [4.69, 9.17) is 14.2 Å². The van der Waals surface area contributed by atoms with Crippen LogP contribution in [0.2, 0.25) is 0 Å². The van der Waals surface area contributed by atoms with E-state index in [0.717, 1.165) is 17.0 Å². The van der Waals surface area contributed by atoms with Crippen molar-refractivity contribution in [3.63, 3.8) is 0 Å². The van der Waals surface area contributed by atoms with Gasteiger partial charge in [-0.15, -0.1) is 0 Å². The fraction of sp³-hybridized carbons (Fsp3) is 0.560. The lowest BCUT2D eigenvalue weighted by atomic mass is 10.0. The van der Waals surface area contributed by atoms with Gasteiger partial charge in [-0.25, -0.2) is 4.99 Å². The summed E-state index contributed by atoms with van der Waals surface area (Å²) in [6.45, 7) is 13.0. The van der Waals surface area contributed by atoms with Gasteiger partial charge in [-0.1, -0.05) is 56.6 Å². The fourth-order valence-electron chi connectivity index (χ4n) is 3.48. The quantitative estimate of drug-likeness (QED) is 0.524. The number of fused-ring (bicyclic) bond motifs is 1. The van der Waals surface area contributed by atoms with Gasteiger partial charge in [0.1, 0.15) is 17.6 Å². The topological polar surface area (TPSA) is 58.6 Å². The summed E-state index contributed by atoms with van der Waals surface area (Å²) in [6, 6.07) is 4.07. The van der Waals surface area contributed by atoms with Crippen LogP contribution in [0.1, 0.15) is 47.1 Å². The summed E-state index contributed by atoms with van der Waals surface area (Å²) in [7, 11) is 7.33. The van der Waals surface area contributed by atoms with Crippen LogP contribution in [0.25, 0.3) is 0 Å². The molecule has 0 amide bonds. The Balaban J connectivity index is 0.00000129. The van der Waals surface area contributed by atoms with Crippen LogP contribution in [0.5, 0.6) is 17.2 Å². The van der Waals surface area contributed by atoms with E-state index >= 15 is 0 Å². The molecule has 0 aromatic heterocycles. The van der Waals surface area contributed by atoms with Crippen molar-refractivity contribution in [2.24, 2.45) is 10.9 Å². The minimum absolute atomic E-state index is 0.0632. The van der Waals surface area contributed by atoms with E-state index in [1.807, 2.05) is 51.9 Å². The number of nitrogens with zero attached hydrogens (tertiary/aromatic N) is 3. The third kappa shape index (κ3) is 6.90. The monoisotopic (exact) mass is 524 g/mol. The van der Waals surface area contributed by atoms with Crippen LogP contribution in [-0.2, 0) is 6.54 Å². The van der Waals surface area contributed by atoms with Gasteiger partial charge in [0.2, 0.25) is 5.88 Å². The van der Waals surface area contributed by atoms with E-state index in [0.29, 0.717) is 29.8 Å². The highest BCUT2D eigenvalue weighted by molar-refractivity contribution is 9.11. The van der Waals surface area contributed by atoms with Gasteiger partial charge in [0.05, 0.1) is 20.6 Å². The van der Waals surface area contributed by atoms with Crippen LogP contribution in [0, 0.1) is 5.92 Å². The molecule has 1 aromatic rings. The number of hydrogen-bond acceptors (Lipinski definition) is 7. The minimum atomic E-state index is -0.0632. The Morgan fingerprint density at radius 3 is 2.30 bits per heavy atom. The second-order valence-corrected chi connectivity index (χ2v) is 7.94. The Bertz CT molecular complexity index is 841. The molecule has 186 valence electrons. The Morgan fingerprint density at radius 2 is 1.73 bits per heavy atom. The first-order chi connectivity index (χ1) is 15.9. The standard InChI is InChI=1S/C21H29BrN4O3.2C2H6/c1-13(7-8-22)14(2)24-20-19-21(23-12-26(20)4)29-16-10-18(28-6)17(27-5)9-15(16)11-25(19)3;2*1-2/h7-10,12-14,20,24H,11H2,1-6H3;2*1-2H3/b8-7+;;. The molecule has 7 nitrogen and oxygen atoms in total. The number of ether oxygens (including phenoxy) is 3. The van der Waals surface area contributed by atoms with Crippen LogP contribution in [-0.4, -0.2) is 56.7 Å². The van der Waals surface area contributed by atoms with Gasteiger partial charge in [-0.3, -0.25) is 5.32 Å². The summed E-state index contributed by atoms with van der Waals surface area (Å²) in [5.74, 6) is 2.98. The summed E-state index contributed by atoms with van der Waals surface area (Å²) < 4.78 is 17.2. The van der Waals surface area contributed by atoms with Crippen molar-refractivity contribution in [1.29, 1.82) is 0 Å². The van der Waals surface area contributed by atoms with Crippen LogP contribution in [0.15, 0.2) is 39.8 Å². The number of hydrogen-bond donors (Lipinski definition) is 1. The van der Waals surface area contributed by atoms with Crippen molar-refractivity contribution in [3.8, 4) is 17.2 Å². The van der Waals surface area contributed by atoms with E-state index in [1.165, 1.54) is 0 Å². The highest BCUT2D eigenvalue weighted by Crippen LogP contribution is 2.39. The summed E-state index contributed by atoms with van der Waals surface area (Å²) in [5.41, 5.74) is 2.01. The zero-order valence-corrected chi connectivity index (χ0v) is 23.4. The first-order valence-electron chi connectivity index (χ1n) is 11.6. The summed E-state index contributed by atoms with van der Waals surface area (Å²) in [5, 5.41) is 3.72. The van der Waals surface area contributed by atoms with Gasteiger partial charge < -0.3 is 24.0 Å². The van der Waals surface area contributed by atoms with E-state index in [2.05, 4.69) is 63.0 Å². The first kappa shape index (κ1) is 28.8. The maximum absolute atomic E-state index is 6.26. The SMILES string of the molecule is CC.CC.COc1cc2c(cc1OC)OC1=C(C(NC(C)C(C)/C=C/Br)N(C)C=N1)N(C)C2. The number of likely N-dealkylation sites (N-methyl/N-ethyl adjacent to an activating group) is 2. The minimum Gasteiger partial charge on any atom is -0.493 e. The molecule has 0 saturated heterocycles. The smallest absolute Gasteiger partial charge is 0.243 e. The lowest BCUT2D eigenvalue weighted by molar-refractivity contribution is 0.224. The second kappa shape index (κ2) is 14.2. The van der Waals surface area contributed by atoms with E-state index in [-0.39, 0.29) is 12.2 Å². The van der Waals surface area contributed by atoms with Crippen molar-refractivity contribution in [2.45, 2.75) is 60.3 Å². The predicted molar refractivity (Wildman–Crippen MR) is 141 cm³/mol. The average molecular weight is 526 g/mol. The molecule has 0 spiro atoms. The van der Waals surface area contributed by atoms with E-state index in [9.17, 15) is 0 Å². The Hall–Kier alpha value is -2.19. The maximum Gasteiger partial charge on any atom is 0.243 e. The molecular formula is C25H41BrN4O3. The van der Waals surface area contributed by atoms with Crippen LogP contribution in [0.4, 0.5) is 0 Å². The van der Waals surface area contributed by atoms with Crippen molar-refractivity contribution in [3.05, 3.63) is 40.3 Å². The molecule has 3 rings (SSSR count). The average Bonchev–Trinajstić information content (AvgIpc) is 2.97. The highest BCUT2D eigenvalue weighted by atomic mass is 79.9. The van der Waals surface area contributed by atoms with Gasteiger partial charge in [0.15, 0.2) is 11.5 Å². The normalized spacial score (nSPS) is 18.6. The fourth-order valence-corrected chi connectivity index (χ4v) is 3.96. The zero-order valence-electron chi connectivity index (χ0n) is 21.8. The van der Waals surface area contributed by atoms with Crippen molar-refractivity contribution in [1.82, 2.24) is 15.1 Å². The number of rotatable bonds is 6. The van der Waals surface area contributed by atoms with Gasteiger partial charge in [0.25, 0.3) is 0 Å². The molecule has 1 aromatic carbocycles. The molecule has 0 radical (unpaired) electrons. The molecule has 2 aliphatic rings. The molecule has 0 aliphatic carbocycles. The van der Waals surface area contributed by atoms with Crippen molar-refractivity contribution < 1.29 is 14.2 Å².